The largest absolute Gasteiger partial charge is 0.494 e. The maximum atomic E-state index is 12.6. The predicted molar refractivity (Wildman–Crippen MR) is 123 cm³/mol. The number of benzene rings is 2. The van der Waals surface area contributed by atoms with Gasteiger partial charge in [0.25, 0.3) is 11.1 Å². The minimum Gasteiger partial charge on any atom is -0.494 e. The second kappa shape index (κ2) is 11.2. The number of methoxy groups -OCH3 is 1. The number of amides is 3. The van der Waals surface area contributed by atoms with Crippen molar-refractivity contribution in [1.82, 2.24) is 4.90 Å². The van der Waals surface area contributed by atoms with Crippen molar-refractivity contribution in [2.45, 2.75) is 6.92 Å². The standard InChI is InChI=1S/C23H22N2O7S/c1-3-31-17-10-6-16(7-11-17)24-20(26)13-25-22(28)19(33-23(25)29)12-15-4-8-18(9-5-15)32-14-21(27)30-2/h4-12H,3,13-14H2,1-2H3,(H,24,26)/b19-12+. The first-order chi connectivity index (χ1) is 15.9. The molecule has 33 heavy (non-hydrogen) atoms. The molecule has 0 radical (unpaired) electrons. The first-order valence-corrected chi connectivity index (χ1v) is 10.8. The van der Waals surface area contributed by atoms with Crippen molar-refractivity contribution in [3.05, 3.63) is 59.0 Å². The molecular weight excluding hydrogens is 448 g/mol. The smallest absolute Gasteiger partial charge is 0.343 e. The van der Waals surface area contributed by atoms with E-state index in [1.807, 2.05) is 6.92 Å². The van der Waals surface area contributed by atoms with Crippen molar-refractivity contribution in [3.8, 4) is 11.5 Å². The number of carbonyl (C=O) groups excluding carboxylic acids is 4. The van der Waals surface area contributed by atoms with Gasteiger partial charge in [-0.25, -0.2) is 4.79 Å². The Balaban J connectivity index is 1.58. The topological polar surface area (TPSA) is 111 Å². The van der Waals surface area contributed by atoms with E-state index in [0.717, 1.165) is 16.7 Å². The van der Waals surface area contributed by atoms with Crippen LogP contribution < -0.4 is 14.8 Å². The fourth-order valence-electron chi connectivity index (χ4n) is 2.79. The number of rotatable bonds is 9. The second-order valence-corrected chi connectivity index (χ2v) is 7.70. The van der Waals surface area contributed by atoms with Gasteiger partial charge in [-0.2, -0.15) is 0 Å². The highest BCUT2D eigenvalue weighted by Crippen LogP contribution is 2.32. The van der Waals surface area contributed by atoms with Gasteiger partial charge in [0.1, 0.15) is 18.0 Å². The summed E-state index contributed by atoms with van der Waals surface area (Å²) in [6, 6.07) is 13.4. The van der Waals surface area contributed by atoms with Gasteiger partial charge in [-0.1, -0.05) is 12.1 Å². The van der Waals surface area contributed by atoms with Gasteiger partial charge in [-0.3, -0.25) is 19.3 Å². The minimum absolute atomic E-state index is 0.206. The molecule has 0 saturated carbocycles. The van der Waals surface area contributed by atoms with Crippen molar-refractivity contribution in [3.63, 3.8) is 0 Å². The number of carbonyl (C=O) groups is 4. The van der Waals surface area contributed by atoms with Gasteiger partial charge in [0.05, 0.1) is 18.6 Å². The molecule has 2 aromatic carbocycles. The fraction of sp³-hybridized carbons (Fsp3) is 0.217. The van der Waals surface area contributed by atoms with E-state index >= 15 is 0 Å². The maximum Gasteiger partial charge on any atom is 0.343 e. The first kappa shape index (κ1) is 23.9. The summed E-state index contributed by atoms with van der Waals surface area (Å²) in [7, 11) is 1.27. The number of ether oxygens (including phenoxy) is 3. The lowest BCUT2D eigenvalue weighted by Crippen LogP contribution is -2.36. The Bertz CT molecular complexity index is 1070. The Kier molecular flexibility index (Phi) is 8.09. The number of imide groups is 1. The lowest BCUT2D eigenvalue weighted by molar-refractivity contribution is -0.142. The monoisotopic (exact) mass is 470 g/mol. The van der Waals surface area contributed by atoms with Crippen LogP contribution in [0, 0.1) is 0 Å². The number of esters is 1. The Hall–Kier alpha value is -3.79. The zero-order valence-electron chi connectivity index (χ0n) is 18.0. The number of nitrogens with one attached hydrogen (secondary N) is 1. The van der Waals surface area contributed by atoms with Gasteiger partial charge in [0, 0.05) is 5.69 Å². The molecule has 1 heterocycles. The molecule has 1 fully saturated rings. The fourth-order valence-corrected chi connectivity index (χ4v) is 3.63. The molecule has 1 aliphatic rings. The molecule has 0 unspecified atom stereocenters. The summed E-state index contributed by atoms with van der Waals surface area (Å²) >= 11 is 0.763. The Morgan fingerprint density at radius 3 is 2.27 bits per heavy atom. The molecule has 0 aliphatic carbocycles. The highest BCUT2D eigenvalue weighted by atomic mass is 32.2. The van der Waals surface area contributed by atoms with E-state index in [0.29, 0.717) is 29.4 Å². The predicted octanol–water partition coefficient (Wildman–Crippen LogP) is 3.31. The van der Waals surface area contributed by atoms with E-state index in [1.165, 1.54) is 7.11 Å². The van der Waals surface area contributed by atoms with Gasteiger partial charge >= 0.3 is 5.97 Å². The van der Waals surface area contributed by atoms with Crippen molar-refractivity contribution < 1.29 is 33.4 Å². The molecule has 3 amide bonds. The molecule has 172 valence electrons. The molecular formula is C23H22N2O7S. The lowest BCUT2D eigenvalue weighted by Gasteiger charge is -2.12. The summed E-state index contributed by atoms with van der Waals surface area (Å²) in [6.45, 7) is 1.80. The summed E-state index contributed by atoms with van der Waals surface area (Å²) in [5.41, 5.74) is 1.19. The van der Waals surface area contributed by atoms with Crippen LogP contribution in [0.4, 0.5) is 10.5 Å². The molecule has 1 saturated heterocycles. The van der Waals surface area contributed by atoms with E-state index in [4.69, 9.17) is 9.47 Å². The summed E-state index contributed by atoms with van der Waals surface area (Å²) in [4.78, 5) is 49.5. The van der Waals surface area contributed by atoms with Crippen LogP contribution >= 0.6 is 11.8 Å². The Labute approximate surface area is 194 Å². The number of thioether (sulfide) groups is 1. The summed E-state index contributed by atoms with van der Waals surface area (Å²) in [6.07, 6.45) is 1.55. The van der Waals surface area contributed by atoms with E-state index in [2.05, 4.69) is 10.1 Å². The highest BCUT2D eigenvalue weighted by molar-refractivity contribution is 8.18. The third-order valence-corrected chi connectivity index (χ3v) is 5.29. The normalized spacial score (nSPS) is 14.4. The zero-order chi connectivity index (χ0) is 23.8. The van der Waals surface area contributed by atoms with Crippen LogP contribution in [0.5, 0.6) is 11.5 Å². The first-order valence-electron chi connectivity index (χ1n) is 9.97. The SMILES string of the molecule is CCOc1ccc(NC(=O)CN2C(=O)S/C(=C/c3ccc(OCC(=O)OC)cc3)C2=O)cc1. The third kappa shape index (κ3) is 6.59. The second-order valence-electron chi connectivity index (χ2n) is 6.71. The van der Waals surface area contributed by atoms with Gasteiger partial charge in [0.2, 0.25) is 5.91 Å². The number of hydrogen-bond acceptors (Lipinski definition) is 8. The molecule has 1 N–H and O–H groups in total. The van der Waals surface area contributed by atoms with E-state index in [-0.39, 0.29) is 11.5 Å². The quantitative estimate of drug-likeness (QED) is 0.439. The van der Waals surface area contributed by atoms with Crippen LogP contribution in [0.1, 0.15) is 12.5 Å². The molecule has 0 spiro atoms. The van der Waals surface area contributed by atoms with E-state index in [9.17, 15) is 19.2 Å². The molecule has 2 aromatic rings. The average molecular weight is 471 g/mol. The average Bonchev–Trinajstić information content (AvgIpc) is 3.07. The van der Waals surface area contributed by atoms with Gasteiger partial charge in [-0.05, 0) is 66.7 Å². The Morgan fingerprint density at radius 1 is 1.00 bits per heavy atom. The number of nitrogens with zero attached hydrogens (tertiary/aromatic N) is 1. The molecule has 9 nitrogen and oxygen atoms in total. The zero-order valence-corrected chi connectivity index (χ0v) is 18.8. The van der Waals surface area contributed by atoms with Crippen molar-refractivity contribution >= 4 is 46.5 Å². The van der Waals surface area contributed by atoms with Crippen LogP contribution in [0.15, 0.2) is 53.4 Å². The van der Waals surface area contributed by atoms with Crippen molar-refractivity contribution in [2.75, 3.05) is 32.2 Å². The maximum absolute atomic E-state index is 12.6. The molecule has 10 heteroatoms. The summed E-state index contributed by atoms with van der Waals surface area (Å²) in [5, 5.41) is 2.14. The van der Waals surface area contributed by atoms with Crippen LogP contribution in [0.3, 0.4) is 0 Å². The van der Waals surface area contributed by atoms with Crippen LogP contribution in [0.25, 0.3) is 6.08 Å². The molecule has 0 aromatic heterocycles. The van der Waals surface area contributed by atoms with Gasteiger partial charge < -0.3 is 19.5 Å². The van der Waals surface area contributed by atoms with Crippen molar-refractivity contribution in [1.29, 1.82) is 0 Å². The summed E-state index contributed by atoms with van der Waals surface area (Å²) in [5.74, 6) is -0.404. The molecule has 0 bridgehead atoms. The van der Waals surface area contributed by atoms with E-state index < -0.39 is 29.6 Å². The lowest BCUT2D eigenvalue weighted by atomic mass is 10.2. The van der Waals surface area contributed by atoms with Crippen LogP contribution in [-0.2, 0) is 19.1 Å². The number of hydrogen-bond donors (Lipinski definition) is 1. The van der Waals surface area contributed by atoms with Crippen molar-refractivity contribution in [2.24, 2.45) is 0 Å². The van der Waals surface area contributed by atoms with Crippen LogP contribution in [-0.4, -0.2) is 54.8 Å². The van der Waals surface area contributed by atoms with Gasteiger partial charge in [-0.15, -0.1) is 0 Å². The summed E-state index contributed by atoms with van der Waals surface area (Å²) < 4.78 is 15.1. The number of anilines is 1. The Morgan fingerprint density at radius 2 is 1.64 bits per heavy atom. The third-order valence-electron chi connectivity index (χ3n) is 4.39. The molecule has 1 aliphatic heterocycles. The molecule has 0 atom stereocenters. The van der Waals surface area contributed by atoms with Gasteiger partial charge in [0.15, 0.2) is 6.61 Å². The minimum atomic E-state index is -0.544. The van der Waals surface area contributed by atoms with E-state index in [1.54, 1.807) is 54.6 Å². The van der Waals surface area contributed by atoms with Crippen LogP contribution in [0.2, 0.25) is 0 Å². The molecule has 3 rings (SSSR count). The highest BCUT2D eigenvalue weighted by Gasteiger charge is 2.36.